The molecule has 1 aromatic heterocycles. The number of benzene rings is 1. The zero-order chi connectivity index (χ0) is 19.4. The van der Waals surface area contributed by atoms with Gasteiger partial charge < -0.3 is 10.2 Å². The summed E-state index contributed by atoms with van der Waals surface area (Å²) in [7, 11) is 1.47. The van der Waals surface area contributed by atoms with Gasteiger partial charge in [0.05, 0.1) is 19.5 Å². The average molecular weight is 385 g/mol. The third-order valence-corrected chi connectivity index (χ3v) is 5.13. The summed E-state index contributed by atoms with van der Waals surface area (Å²) in [5.41, 5.74) is 1.33. The molecule has 27 heavy (non-hydrogen) atoms. The van der Waals surface area contributed by atoms with Gasteiger partial charge in [0.1, 0.15) is 6.04 Å². The Kier molecular flexibility index (Phi) is 5.66. The third kappa shape index (κ3) is 4.22. The van der Waals surface area contributed by atoms with Crippen molar-refractivity contribution in [3.63, 3.8) is 0 Å². The molecule has 1 N–H and O–H groups in total. The lowest BCUT2D eigenvalue weighted by molar-refractivity contribution is -0.143. The van der Waals surface area contributed by atoms with Crippen LogP contribution in [0.1, 0.15) is 22.3 Å². The summed E-state index contributed by atoms with van der Waals surface area (Å²) in [6, 6.07) is 10.0. The number of nitrogens with one attached hydrogen (secondary N) is 1. The van der Waals surface area contributed by atoms with E-state index in [-0.39, 0.29) is 31.3 Å². The summed E-state index contributed by atoms with van der Waals surface area (Å²) in [4.78, 5) is 51.5. The predicted octanol–water partition coefficient (Wildman–Crippen LogP) is 1.26. The van der Waals surface area contributed by atoms with Crippen molar-refractivity contribution in [1.29, 1.82) is 0 Å². The Morgan fingerprint density at radius 2 is 1.96 bits per heavy atom. The first-order valence-corrected chi connectivity index (χ1v) is 9.36. The molecule has 4 amide bonds. The number of imide groups is 1. The molecular formula is C19H19N3O4S. The van der Waals surface area contributed by atoms with Crippen LogP contribution in [-0.4, -0.2) is 53.1 Å². The Morgan fingerprint density at radius 3 is 2.63 bits per heavy atom. The zero-order valence-electron chi connectivity index (χ0n) is 14.8. The van der Waals surface area contributed by atoms with E-state index in [1.807, 2.05) is 30.3 Å². The highest BCUT2D eigenvalue weighted by molar-refractivity contribution is 7.08. The Labute approximate surface area is 160 Å². The molecule has 1 saturated heterocycles. The van der Waals surface area contributed by atoms with Gasteiger partial charge >= 0.3 is 0 Å². The molecule has 1 aromatic carbocycles. The summed E-state index contributed by atoms with van der Waals surface area (Å²) in [5, 5.41) is 5.99. The third-order valence-electron chi connectivity index (χ3n) is 4.45. The first kappa shape index (κ1) is 18.8. The number of carbonyl (C=O) groups excluding carboxylic acids is 4. The molecule has 8 heteroatoms. The summed E-state index contributed by atoms with van der Waals surface area (Å²) >= 11 is 1.39. The number of amides is 4. The van der Waals surface area contributed by atoms with E-state index in [0.717, 1.165) is 5.56 Å². The van der Waals surface area contributed by atoms with Gasteiger partial charge in [-0.1, -0.05) is 30.3 Å². The van der Waals surface area contributed by atoms with Gasteiger partial charge in [-0.3, -0.25) is 24.1 Å². The lowest BCUT2D eigenvalue weighted by Crippen LogP contribution is -2.46. The van der Waals surface area contributed by atoms with Crippen molar-refractivity contribution in [3.8, 4) is 0 Å². The van der Waals surface area contributed by atoms with Crippen molar-refractivity contribution in [1.82, 2.24) is 15.1 Å². The molecule has 7 nitrogen and oxygen atoms in total. The second-order valence-corrected chi connectivity index (χ2v) is 7.00. The largest absolute Gasteiger partial charge is 0.343 e. The summed E-state index contributed by atoms with van der Waals surface area (Å²) in [5.74, 6) is -1.48. The molecule has 3 rings (SSSR count). The molecule has 0 saturated carbocycles. The van der Waals surface area contributed by atoms with Gasteiger partial charge in [-0.05, 0) is 17.0 Å². The van der Waals surface area contributed by atoms with E-state index >= 15 is 0 Å². The van der Waals surface area contributed by atoms with Gasteiger partial charge in [0.15, 0.2) is 0 Å². The van der Waals surface area contributed by atoms with Crippen molar-refractivity contribution < 1.29 is 19.2 Å². The smallest absolute Gasteiger partial charge is 0.252 e. The first-order valence-electron chi connectivity index (χ1n) is 8.41. The molecule has 0 radical (unpaired) electrons. The molecule has 140 valence electrons. The Morgan fingerprint density at radius 1 is 1.22 bits per heavy atom. The summed E-state index contributed by atoms with van der Waals surface area (Å²) in [6.45, 7) is -0.0479. The summed E-state index contributed by atoms with van der Waals surface area (Å²) < 4.78 is 0. The maximum absolute atomic E-state index is 12.6. The summed E-state index contributed by atoms with van der Waals surface area (Å²) in [6.07, 6.45) is -0.0492. The number of likely N-dealkylation sites (N-methyl/N-ethyl adjacent to an activating group) is 1. The number of rotatable bonds is 6. The molecule has 0 unspecified atom stereocenters. The minimum atomic E-state index is -0.841. The quantitative estimate of drug-likeness (QED) is 0.759. The minimum absolute atomic E-state index is 0.0492. The second kappa shape index (κ2) is 8.13. The van der Waals surface area contributed by atoms with Crippen molar-refractivity contribution in [3.05, 3.63) is 58.3 Å². The highest BCUT2D eigenvalue weighted by Crippen LogP contribution is 2.20. The molecule has 0 spiro atoms. The number of nitrogens with zero attached hydrogens (tertiary/aromatic N) is 2. The molecular weight excluding hydrogens is 366 g/mol. The van der Waals surface area contributed by atoms with E-state index in [2.05, 4.69) is 5.32 Å². The Hall–Kier alpha value is -3.00. The maximum Gasteiger partial charge on any atom is 0.252 e. The minimum Gasteiger partial charge on any atom is -0.343 e. The van der Waals surface area contributed by atoms with E-state index in [4.69, 9.17) is 0 Å². The fourth-order valence-corrected chi connectivity index (χ4v) is 3.49. The Bertz CT molecular complexity index is 851. The van der Waals surface area contributed by atoms with Crippen LogP contribution in [0.15, 0.2) is 47.2 Å². The van der Waals surface area contributed by atoms with Crippen LogP contribution in [-0.2, 0) is 20.9 Å². The van der Waals surface area contributed by atoms with Crippen LogP contribution in [0, 0.1) is 0 Å². The van der Waals surface area contributed by atoms with Gasteiger partial charge in [-0.15, -0.1) is 0 Å². The van der Waals surface area contributed by atoms with Gasteiger partial charge in [-0.2, -0.15) is 11.3 Å². The number of hydrogen-bond acceptors (Lipinski definition) is 5. The predicted molar refractivity (Wildman–Crippen MR) is 99.8 cm³/mol. The van der Waals surface area contributed by atoms with Crippen LogP contribution in [0.2, 0.25) is 0 Å². The van der Waals surface area contributed by atoms with Crippen LogP contribution in [0.5, 0.6) is 0 Å². The van der Waals surface area contributed by atoms with Crippen LogP contribution >= 0.6 is 11.3 Å². The van der Waals surface area contributed by atoms with Crippen LogP contribution < -0.4 is 5.32 Å². The van der Waals surface area contributed by atoms with Gasteiger partial charge in [-0.25, -0.2) is 0 Å². The number of hydrogen-bond donors (Lipinski definition) is 1. The molecule has 2 aromatic rings. The van der Waals surface area contributed by atoms with Crippen LogP contribution in [0.4, 0.5) is 0 Å². The normalized spacial score (nSPS) is 16.5. The van der Waals surface area contributed by atoms with Crippen molar-refractivity contribution in [2.45, 2.75) is 19.0 Å². The van der Waals surface area contributed by atoms with E-state index in [1.165, 1.54) is 28.2 Å². The fraction of sp³-hybridized carbons (Fsp3) is 0.263. The lowest BCUT2D eigenvalue weighted by Gasteiger charge is -2.23. The standard InChI is InChI=1S/C19H19N3O4S/c1-21(17(24)10-20-18(25)14-7-8-27-12-14)15-9-16(23)22(19(15)26)11-13-5-3-2-4-6-13/h2-8,12,15H,9-11H2,1H3,(H,20,25)/t15-/m1/s1. The van der Waals surface area contributed by atoms with Crippen molar-refractivity contribution >= 4 is 35.0 Å². The number of likely N-dealkylation sites (tertiary alicyclic amines) is 1. The number of carbonyl (C=O) groups is 4. The Balaban J connectivity index is 1.58. The van der Waals surface area contributed by atoms with Crippen molar-refractivity contribution in [2.75, 3.05) is 13.6 Å². The molecule has 1 atom stereocenters. The molecule has 1 aliphatic rings. The van der Waals surface area contributed by atoms with Gasteiger partial charge in [0.2, 0.25) is 11.8 Å². The van der Waals surface area contributed by atoms with E-state index in [1.54, 1.807) is 16.8 Å². The molecule has 0 aliphatic carbocycles. The monoisotopic (exact) mass is 385 g/mol. The maximum atomic E-state index is 12.6. The van der Waals surface area contributed by atoms with Crippen LogP contribution in [0.25, 0.3) is 0 Å². The average Bonchev–Trinajstić information content (AvgIpc) is 3.30. The van der Waals surface area contributed by atoms with E-state index in [0.29, 0.717) is 5.56 Å². The topological polar surface area (TPSA) is 86.8 Å². The first-order chi connectivity index (χ1) is 13.0. The van der Waals surface area contributed by atoms with E-state index in [9.17, 15) is 19.2 Å². The molecule has 1 fully saturated rings. The van der Waals surface area contributed by atoms with Gasteiger partial charge in [0.25, 0.3) is 11.8 Å². The zero-order valence-corrected chi connectivity index (χ0v) is 15.6. The van der Waals surface area contributed by atoms with Gasteiger partial charge in [0, 0.05) is 18.0 Å². The van der Waals surface area contributed by atoms with Crippen LogP contribution in [0.3, 0.4) is 0 Å². The number of thiophene rings is 1. The highest BCUT2D eigenvalue weighted by Gasteiger charge is 2.42. The highest BCUT2D eigenvalue weighted by atomic mass is 32.1. The van der Waals surface area contributed by atoms with Crippen molar-refractivity contribution in [2.24, 2.45) is 0 Å². The molecule has 2 heterocycles. The molecule has 0 bridgehead atoms. The SMILES string of the molecule is CN(C(=O)CNC(=O)c1ccsc1)[C@@H]1CC(=O)N(Cc2ccccc2)C1=O. The fourth-order valence-electron chi connectivity index (χ4n) is 2.85. The van der Waals surface area contributed by atoms with E-state index < -0.39 is 17.9 Å². The molecule has 1 aliphatic heterocycles. The second-order valence-electron chi connectivity index (χ2n) is 6.22. The lowest BCUT2D eigenvalue weighted by atomic mass is 10.2.